The molecule has 3 heteroatoms. The minimum absolute atomic E-state index is 0.240. The van der Waals surface area contributed by atoms with Gasteiger partial charge in [-0.15, -0.1) is 11.3 Å². The second-order valence-electron chi connectivity index (χ2n) is 6.05. The summed E-state index contributed by atoms with van der Waals surface area (Å²) in [5.74, 6) is 0.810. The summed E-state index contributed by atoms with van der Waals surface area (Å²) in [4.78, 5) is 1.51. The van der Waals surface area contributed by atoms with E-state index in [1.807, 2.05) is 11.3 Å². The Morgan fingerprint density at radius 1 is 1.47 bits per heavy atom. The van der Waals surface area contributed by atoms with Crippen LogP contribution in [0.25, 0.3) is 0 Å². The lowest BCUT2D eigenvalue weighted by Gasteiger charge is -2.34. The number of rotatable bonds is 5. The Morgan fingerprint density at radius 3 is 2.71 bits per heavy atom. The minimum atomic E-state index is 0.240. The first-order chi connectivity index (χ1) is 7.99. The van der Waals surface area contributed by atoms with Crippen LogP contribution < -0.4 is 11.1 Å². The maximum Gasteiger partial charge on any atom is 0.0143 e. The second-order valence-corrected chi connectivity index (χ2v) is 6.96. The van der Waals surface area contributed by atoms with Gasteiger partial charge in [-0.05, 0) is 49.2 Å². The van der Waals surface area contributed by atoms with Crippen molar-refractivity contribution in [3.63, 3.8) is 0 Å². The standard InChI is InChI=1S/C14H24N2S/c1-10-4-5-17-13(10)14(2,3)9-16-8-11-6-12(15)7-11/h4-5,11-12,16H,6-9,15H2,1-3H3. The molecule has 1 aromatic heterocycles. The highest BCUT2D eigenvalue weighted by molar-refractivity contribution is 7.10. The van der Waals surface area contributed by atoms with Gasteiger partial charge in [0.1, 0.15) is 0 Å². The van der Waals surface area contributed by atoms with Gasteiger partial charge in [-0.25, -0.2) is 0 Å². The molecule has 2 rings (SSSR count). The molecule has 1 fully saturated rings. The van der Waals surface area contributed by atoms with Gasteiger partial charge in [-0.1, -0.05) is 13.8 Å². The lowest BCUT2D eigenvalue weighted by Crippen LogP contribution is -2.43. The number of hydrogen-bond donors (Lipinski definition) is 2. The predicted octanol–water partition coefficient (Wildman–Crippen LogP) is 2.66. The number of thiophene rings is 1. The van der Waals surface area contributed by atoms with E-state index in [0.29, 0.717) is 6.04 Å². The summed E-state index contributed by atoms with van der Waals surface area (Å²) in [5, 5.41) is 5.81. The van der Waals surface area contributed by atoms with Gasteiger partial charge >= 0.3 is 0 Å². The molecule has 1 heterocycles. The Kier molecular flexibility index (Phi) is 3.91. The molecule has 1 aliphatic rings. The minimum Gasteiger partial charge on any atom is -0.328 e. The summed E-state index contributed by atoms with van der Waals surface area (Å²) in [6.07, 6.45) is 2.40. The third-order valence-electron chi connectivity index (χ3n) is 3.75. The fourth-order valence-electron chi connectivity index (χ4n) is 2.69. The lowest BCUT2D eigenvalue weighted by atomic mass is 9.80. The molecular weight excluding hydrogens is 228 g/mol. The van der Waals surface area contributed by atoms with Crippen molar-refractivity contribution in [2.75, 3.05) is 13.1 Å². The Bertz CT molecular complexity index is 364. The zero-order valence-corrected chi connectivity index (χ0v) is 11.9. The third kappa shape index (κ3) is 3.09. The number of hydrogen-bond acceptors (Lipinski definition) is 3. The Labute approximate surface area is 109 Å². The van der Waals surface area contributed by atoms with Gasteiger partial charge in [0.2, 0.25) is 0 Å². The Morgan fingerprint density at radius 2 is 2.18 bits per heavy atom. The average molecular weight is 252 g/mol. The summed E-state index contributed by atoms with van der Waals surface area (Å²) in [6.45, 7) is 9.04. The van der Waals surface area contributed by atoms with Gasteiger partial charge in [0, 0.05) is 22.9 Å². The summed E-state index contributed by atoms with van der Waals surface area (Å²) in [7, 11) is 0. The molecule has 0 saturated heterocycles. The molecule has 0 unspecified atom stereocenters. The van der Waals surface area contributed by atoms with Crippen LogP contribution in [0.3, 0.4) is 0 Å². The molecule has 0 amide bonds. The molecule has 0 atom stereocenters. The van der Waals surface area contributed by atoms with Gasteiger partial charge in [0.25, 0.3) is 0 Å². The molecule has 0 aromatic carbocycles. The molecule has 1 saturated carbocycles. The quantitative estimate of drug-likeness (QED) is 0.845. The van der Waals surface area contributed by atoms with Crippen molar-refractivity contribution >= 4 is 11.3 Å². The van der Waals surface area contributed by atoms with E-state index in [1.165, 1.54) is 23.3 Å². The van der Waals surface area contributed by atoms with Gasteiger partial charge in [-0.3, -0.25) is 0 Å². The maximum atomic E-state index is 5.80. The van der Waals surface area contributed by atoms with Crippen molar-refractivity contribution in [2.24, 2.45) is 11.7 Å². The highest BCUT2D eigenvalue weighted by atomic mass is 32.1. The fourth-order valence-corrected chi connectivity index (χ4v) is 3.74. The fraction of sp³-hybridized carbons (Fsp3) is 0.714. The highest BCUT2D eigenvalue weighted by Gasteiger charge is 2.27. The van der Waals surface area contributed by atoms with Crippen LogP contribution in [0, 0.1) is 12.8 Å². The zero-order chi connectivity index (χ0) is 12.5. The van der Waals surface area contributed by atoms with Crippen molar-refractivity contribution in [1.29, 1.82) is 0 Å². The van der Waals surface area contributed by atoms with Crippen LogP contribution in [0.15, 0.2) is 11.4 Å². The first-order valence-corrected chi connectivity index (χ1v) is 7.38. The largest absolute Gasteiger partial charge is 0.328 e. The maximum absolute atomic E-state index is 5.80. The topological polar surface area (TPSA) is 38.0 Å². The lowest BCUT2D eigenvalue weighted by molar-refractivity contribution is 0.251. The van der Waals surface area contributed by atoms with Gasteiger partial charge in [-0.2, -0.15) is 0 Å². The molecule has 1 aliphatic carbocycles. The first-order valence-electron chi connectivity index (χ1n) is 6.50. The van der Waals surface area contributed by atoms with Crippen LogP contribution in [0.2, 0.25) is 0 Å². The van der Waals surface area contributed by atoms with E-state index in [-0.39, 0.29) is 5.41 Å². The Balaban J connectivity index is 1.79. The van der Waals surface area contributed by atoms with Crippen LogP contribution in [0.1, 0.15) is 37.1 Å². The van der Waals surface area contributed by atoms with Crippen LogP contribution in [0.4, 0.5) is 0 Å². The van der Waals surface area contributed by atoms with E-state index in [1.54, 1.807) is 0 Å². The van der Waals surface area contributed by atoms with E-state index in [0.717, 1.165) is 19.0 Å². The first kappa shape index (κ1) is 13.1. The monoisotopic (exact) mass is 252 g/mol. The third-order valence-corrected chi connectivity index (χ3v) is 5.13. The van der Waals surface area contributed by atoms with Gasteiger partial charge in [0.05, 0.1) is 0 Å². The molecule has 0 radical (unpaired) electrons. The Hall–Kier alpha value is -0.380. The van der Waals surface area contributed by atoms with Crippen molar-refractivity contribution < 1.29 is 0 Å². The molecular formula is C14H24N2S. The molecule has 3 N–H and O–H groups in total. The molecule has 17 heavy (non-hydrogen) atoms. The van der Waals surface area contributed by atoms with E-state index in [9.17, 15) is 0 Å². The SMILES string of the molecule is Cc1ccsc1C(C)(C)CNCC1CC(N)C1. The van der Waals surface area contributed by atoms with Gasteiger partial charge in [0.15, 0.2) is 0 Å². The molecule has 96 valence electrons. The van der Waals surface area contributed by atoms with Crippen molar-refractivity contribution in [3.05, 3.63) is 21.9 Å². The van der Waals surface area contributed by atoms with E-state index < -0.39 is 0 Å². The number of aryl methyl sites for hydroxylation is 1. The second kappa shape index (κ2) is 5.09. The summed E-state index contributed by atoms with van der Waals surface area (Å²) >= 11 is 1.88. The summed E-state index contributed by atoms with van der Waals surface area (Å²) in [6, 6.07) is 2.68. The summed E-state index contributed by atoms with van der Waals surface area (Å²) < 4.78 is 0. The average Bonchev–Trinajstić information content (AvgIpc) is 2.62. The predicted molar refractivity (Wildman–Crippen MR) is 75.7 cm³/mol. The molecule has 0 aliphatic heterocycles. The van der Waals surface area contributed by atoms with E-state index >= 15 is 0 Å². The van der Waals surface area contributed by atoms with Crippen LogP contribution in [-0.2, 0) is 5.41 Å². The van der Waals surface area contributed by atoms with Crippen LogP contribution >= 0.6 is 11.3 Å². The van der Waals surface area contributed by atoms with Crippen molar-refractivity contribution in [2.45, 2.75) is 45.1 Å². The summed E-state index contributed by atoms with van der Waals surface area (Å²) in [5.41, 5.74) is 7.46. The number of nitrogens with one attached hydrogen (secondary N) is 1. The number of nitrogens with two attached hydrogens (primary N) is 1. The van der Waals surface area contributed by atoms with E-state index in [4.69, 9.17) is 5.73 Å². The molecule has 0 spiro atoms. The van der Waals surface area contributed by atoms with Gasteiger partial charge < -0.3 is 11.1 Å². The van der Waals surface area contributed by atoms with E-state index in [2.05, 4.69) is 37.5 Å². The van der Waals surface area contributed by atoms with Crippen LogP contribution in [0.5, 0.6) is 0 Å². The molecule has 1 aromatic rings. The zero-order valence-electron chi connectivity index (χ0n) is 11.1. The van der Waals surface area contributed by atoms with Crippen LogP contribution in [-0.4, -0.2) is 19.1 Å². The smallest absolute Gasteiger partial charge is 0.0143 e. The van der Waals surface area contributed by atoms with Crippen molar-refractivity contribution in [1.82, 2.24) is 5.32 Å². The molecule has 2 nitrogen and oxygen atoms in total. The highest BCUT2D eigenvalue weighted by Crippen LogP contribution is 2.31. The normalized spacial score (nSPS) is 24.7. The van der Waals surface area contributed by atoms with Crippen molar-refractivity contribution in [3.8, 4) is 0 Å². The molecule has 0 bridgehead atoms.